The van der Waals surface area contributed by atoms with Crippen LogP contribution in [-0.4, -0.2) is 4.98 Å². The molecule has 0 N–H and O–H groups in total. The van der Waals surface area contributed by atoms with Crippen molar-refractivity contribution in [1.82, 2.24) is 4.98 Å². The number of hydrogen-bond donors (Lipinski definition) is 0. The van der Waals surface area contributed by atoms with Gasteiger partial charge in [-0.25, -0.2) is 0 Å². The molecular weight excluding hydrogens is 160 g/mol. The van der Waals surface area contributed by atoms with Crippen LogP contribution in [0, 0.1) is 11.3 Å². The Morgan fingerprint density at radius 2 is 2.31 bits per heavy atom. The minimum Gasteiger partial charge on any atom is -0.261 e. The molecule has 1 aliphatic carbocycles. The van der Waals surface area contributed by atoms with Crippen molar-refractivity contribution in [2.45, 2.75) is 31.6 Å². The van der Waals surface area contributed by atoms with Crippen molar-refractivity contribution >= 4 is 0 Å². The summed E-state index contributed by atoms with van der Waals surface area (Å²) < 4.78 is 0. The molecule has 66 valence electrons. The van der Waals surface area contributed by atoms with Crippen LogP contribution >= 0.6 is 0 Å². The van der Waals surface area contributed by atoms with E-state index in [1.54, 1.807) is 0 Å². The number of hydrogen-bond acceptors (Lipinski definition) is 2. The summed E-state index contributed by atoms with van der Waals surface area (Å²) in [6.07, 6.45) is 6.20. The first-order valence-electron chi connectivity index (χ1n) is 4.72. The zero-order chi connectivity index (χ0) is 9.10. The smallest absolute Gasteiger partial charge is 0.0670 e. The minimum atomic E-state index is 0.470. The van der Waals surface area contributed by atoms with Crippen molar-refractivity contribution in [3.63, 3.8) is 0 Å². The summed E-state index contributed by atoms with van der Waals surface area (Å²) in [5.41, 5.74) is 2.22. The second kappa shape index (κ2) is 3.57. The van der Waals surface area contributed by atoms with Crippen LogP contribution in [0.1, 0.15) is 36.4 Å². The van der Waals surface area contributed by atoms with Gasteiger partial charge in [0.2, 0.25) is 0 Å². The van der Waals surface area contributed by atoms with Gasteiger partial charge in [0.25, 0.3) is 0 Å². The first-order valence-corrected chi connectivity index (χ1v) is 4.72. The summed E-state index contributed by atoms with van der Waals surface area (Å²) in [4.78, 5) is 4.37. The quantitative estimate of drug-likeness (QED) is 0.686. The van der Waals surface area contributed by atoms with Crippen LogP contribution in [0.4, 0.5) is 0 Å². The maximum Gasteiger partial charge on any atom is 0.0670 e. The highest BCUT2D eigenvalue weighted by atomic mass is 14.7. The molecule has 1 aromatic heterocycles. The van der Waals surface area contributed by atoms with Gasteiger partial charge in [-0.05, 0) is 24.5 Å². The van der Waals surface area contributed by atoms with Gasteiger partial charge >= 0.3 is 0 Å². The van der Waals surface area contributed by atoms with Gasteiger partial charge in [-0.1, -0.05) is 12.5 Å². The SMILES string of the molecule is N#CCc1ccc(C2CCC2)nc1. The minimum absolute atomic E-state index is 0.470. The molecule has 0 saturated heterocycles. The average Bonchev–Trinajstić information content (AvgIpc) is 2.06. The summed E-state index contributed by atoms with van der Waals surface area (Å²) in [5, 5.41) is 8.48. The second-order valence-electron chi connectivity index (χ2n) is 3.55. The third kappa shape index (κ3) is 1.70. The van der Waals surface area contributed by atoms with Gasteiger partial charge in [-0.3, -0.25) is 4.98 Å². The normalized spacial score (nSPS) is 16.2. The van der Waals surface area contributed by atoms with E-state index in [-0.39, 0.29) is 0 Å². The summed E-state index contributed by atoms with van der Waals surface area (Å²) in [6.45, 7) is 0. The summed E-state index contributed by atoms with van der Waals surface area (Å²) in [6, 6.07) is 6.20. The Labute approximate surface area is 78.2 Å². The van der Waals surface area contributed by atoms with E-state index >= 15 is 0 Å². The number of nitrogens with zero attached hydrogens (tertiary/aromatic N) is 2. The number of rotatable bonds is 2. The molecule has 0 aliphatic heterocycles. The van der Waals surface area contributed by atoms with Gasteiger partial charge in [0, 0.05) is 17.8 Å². The predicted molar refractivity (Wildman–Crippen MR) is 50.1 cm³/mol. The molecule has 0 unspecified atom stereocenters. The Balaban J connectivity index is 2.09. The lowest BCUT2D eigenvalue weighted by Gasteiger charge is -2.24. The molecule has 0 spiro atoms. The highest BCUT2D eigenvalue weighted by Crippen LogP contribution is 2.34. The molecule has 2 heteroatoms. The maximum atomic E-state index is 8.48. The standard InChI is InChI=1S/C11H12N2/c12-7-6-9-4-5-11(13-8-9)10-2-1-3-10/h4-5,8,10H,1-3,6H2. The fourth-order valence-corrected chi connectivity index (χ4v) is 1.58. The van der Waals surface area contributed by atoms with Crippen LogP contribution in [0.2, 0.25) is 0 Å². The molecule has 2 nitrogen and oxygen atoms in total. The molecule has 0 radical (unpaired) electrons. The molecule has 1 aromatic rings. The van der Waals surface area contributed by atoms with E-state index in [9.17, 15) is 0 Å². The van der Waals surface area contributed by atoms with E-state index in [2.05, 4.69) is 17.1 Å². The first-order chi connectivity index (χ1) is 6.40. The van der Waals surface area contributed by atoms with Gasteiger partial charge in [-0.15, -0.1) is 0 Å². The van der Waals surface area contributed by atoms with Crippen molar-refractivity contribution in [3.8, 4) is 6.07 Å². The summed E-state index contributed by atoms with van der Waals surface area (Å²) in [5.74, 6) is 0.691. The maximum absolute atomic E-state index is 8.48. The number of aromatic nitrogens is 1. The van der Waals surface area contributed by atoms with E-state index in [4.69, 9.17) is 5.26 Å². The Bertz CT molecular complexity index is 317. The zero-order valence-corrected chi connectivity index (χ0v) is 7.53. The molecule has 0 aromatic carbocycles. The van der Waals surface area contributed by atoms with Gasteiger partial charge in [0.15, 0.2) is 0 Å². The monoisotopic (exact) mass is 172 g/mol. The van der Waals surface area contributed by atoms with Crippen molar-refractivity contribution in [2.24, 2.45) is 0 Å². The molecule has 1 aliphatic rings. The van der Waals surface area contributed by atoms with E-state index in [0.29, 0.717) is 12.3 Å². The Kier molecular flexibility index (Phi) is 2.27. The molecule has 1 saturated carbocycles. The number of nitriles is 1. The molecule has 1 fully saturated rings. The molecular formula is C11H12N2. The summed E-state index contributed by atoms with van der Waals surface area (Å²) >= 11 is 0. The fraction of sp³-hybridized carbons (Fsp3) is 0.455. The van der Waals surface area contributed by atoms with Crippen LogP contribution in [0.3, 0.4) is 0 Å². The largest absolute Gasteiger partial charge is 0.261 e. The highest BCUT2D eigenvalue weighted by Gasteiger charge is 2.20. The zero-order valence-electron chi connectivity index (χ0n) is 7.53. The van der Waals surface area contributed by atoms with Crippen LogP contribution in [0.25, 0.3) is 0 Å². The second-order valence-corrected chi connectivity index (χ2v) is 3.55. The molecule has 1 heterocycles. The molecule has 0 atom stereocenters. The van der Waals surface area contributed by atoms with Crippen LogP contribution in [0.5, 0.6) is 0 Å². The Hall–Kier alpha value is -1.36. The first kappa shape index (κ1) is 8.25. The average molecular weight is 172 g/mol. The van der Waals surface area contributed by atoms with Crippen LogP contribution in [0.15, 0.2) is 18.3 Å². The highest BCUT2D eigenvalue weighted by molar-refractivity contribution is 5.20. The number of pyridine rings is 1. The van der Waals surface area contributed by atoms with Crippen molar-refractivity contribution in [1.29, 1.82) is 5.26 Å². The predicted octanol–water partition coefficient (Wildman–Crippen LogP) is 2.42. The van der Waals surface area contributed by atoms with Crippen molar-refractivity contribution in [2.75, 3.05) is 0 Å². The van der Waals surface area contributed by atoms with Crippen molar-refractivity contribution in [3.05, 3.63) is 29.6 Å². The van der Waals surface area contributed by atoms with E-state index in [1.807, 2.05) is 12.3 Å². The van der Waals surface area contributed by atoms with Crippen molar-refractivity contribution < 1.29 is 0 Å². The van der Waals surface area contributed by atoms with Gasteiger partial charge in [0.05, 0.1) is 12.5 Å². The molecule has 13 heavy (non-hydrogen) atoms. The van der Waals surface area contributed by atoms with Gasteiger partial charge in [0.1, 0.15) is 0 Å². The fourth-order valence-electron chi connectivity index (χ4n) is 1.58. The van der Waals surface area contributed by atoms with E-state index in [1.165, 1.54) is 25.0 Å². The lowest BCUT2D eigenvalue weighted by atomic mass is 9.82. The van der Waals surface area contributed by atoms with Gasteiger partial charge in [-0.2, -0.15) is 5.26 Å². The third-order valence-corrected chi connectivity index (χ3v) is 2.65. The molecule has 0 amide bonds. The lowest BCUT2D eigenvalue weighted by Crippen LogP contribution is -2.10. The van der Waals surface area contributed by atoms with E-state index < -0.39 is 0 Å². The molecule has 2 rings (SSSR count). The third-order valence-electron chi connectivity index (χ3n) is 2.65. The van der Waals surface area contributed by atoms with Crippen LogP contribution < -0.4 is 0 Å². The summed E-state index contributed by atoms with van der Waals surface area (Å²) in [7, 11) is 0. The Morgan fingerprint density at radius 3 is 2.77 bits per heavy atom. The van der Waals surface area contributed by atoms with E-state index in [0.717, 1.165) is 5.56 Å². The topological polar surface area (TPSA) is 36.7 Å². The molecule has 0 bridgehead atoms. The van der Waals surface area contributed by atoms with Crippen LogP contribution in [-0.2, 0) is 6.42 Å². The van der Waals surface area contributed by atoms with Gasteiger partial charge < -0.3 is 0 Å². The Morgan fingerprint density at radius 1 is 1.46 bits per heavy atom. The lowest BCUT2D eigenvalue weighted by molar-refractivity contribution is 0.411.